The molecule has 2 N–H and O–H groups in total. The van der Waals surface area contributed by atoms with Gasteiger partial charge in [-0.05, 0) is 24.1 Å². The van der Waals surface area contributed by atoms with Crippen molar-refractivity contribution in [2.45, 2.75) is 6.42 Å². The van der Waals surface area contributed by atoms with Crippen LogP contribution >= 0.6 is 0 Å². The van der Waals surface area contributed by atoms with Crippen LogP contribution in [-0.2, 0) is 6.42 Å². The Morgan fingerprint density at radius 2 is 2.10 bits per heavy atom. The van der Waals surface area contributed by atoms with E-state index in [0.29, 0.717) is 17.8 Å². The van der Waals surface area contributed by atoms with Crippen LogP contribution < -0.4 is 15.4 Å². The third-order valence-corrected chi connectivity index (χ3v) is 3.21. The largest absolute Gasteiger partial charge is 0.496 e. The summed E-state index contributed by atoms with van der Waals surface area (Å²) in [6, 6.07) is 9.50. The maximum Gasteiger partial charge on any atom is 0.253 e. The van der Waals surface area contributed by atoms with Crippen LogP contribution in [0.25, 0.3) is 0 Å². The first kappa shape index (κ1) is 14.8. The van der Waals surface area contributed by atoms with Crippen molar-refractivity contribution in [3.05, 3.63) is 53.9 Å². The van der Waals surface area contributed by atoms with E-state index in [-0.39, 0.29) is 5.91 Å². The van der Waals surface area contributed by atoms with Gasteiger partial charge in [-0.2, -0.15) is 0 Å². The van der Waals surface area contributed by atoms with Gasteiger partial charge in [0.05, 0.1) is 24.6 Å². The zero-order valence-electron chi connectivity index (χ0n) is 12.2. The molecule has 0 bridgehead atoms. The highest BCUT2D eigenvalue weighted by molar-refractivity contribution is 5.99. The van der Waals surface area contributed by atoms with Crippen molar-refractivity contribution in [2.24, 2.45) is 0 Å². The van der Waals surface area contributed by atoms with E-state index in [1.807, 2.05) is 24.3 Å². The minimum absolute atomic E-state index is 0.114. The van der Waals surface area contributed by atoms with E-state index < -0.39 is 0 Å². The Hall–Kier alpha value is -2.56. The molecule has 1 aromatic heterocycles. The molecular formula is C16H19N3O2. The first-order valence-electron chi connectivity index (χ1n) is 6.78. The van der Waals surface area contributed by atoms with Crippen molar-refractivity contribution in [2.75, 3.05) is 26.0 Å². The number of carbonyl (C=O) groups is 1. The summed E-state index contributed by atoms with van der Waals surface area (Å²) in [6.45, 7) is 0.546. The molecule has 0 fully saturated rings. The van der Waals surface area contributed by atoms with Gasteiger partial charge in [-0.25, -0.2) is 0 Å². The Kier molecular flexibility index (Phi) is 5.15. The monoisotopic (exact) mass is 285 g/mol. The lowest BCUT2D eigenvalue weighted by Gasteiger charge is -2.11. The lowest BCUT2D eigenvalue weighted by atomic mass is 10.1. The number of carbonyl (C=O) groups excluding carboxylic acids is 1. The molecule has 5 heteroatoms. The standard InChI is InChI=1S/C16H19N3O2/c1-17-14-11-18-9-8-13(14)16(20)19-10-7-12-5-3-4-6-15(12)21-2/h3-6,8-9,11,17H,7,10H2,1-2H3,(H,19,20). The van der Waals surface area contributed by atoms with Gasteiger partial charge in [0.15, 0.2) is 0 Å². The van der Waals surface area contributed by atoms with Crippen LogP contribution in [0.2, 0.25) is 0 Å². The van der Waals surface area contributed by atoms with Gasteiger partial charge in [0.2, 0.25) is 0 Å². The number of nitrogens with zero attached hydrogens (tertiary/aromatic N) is 1. The average Bonchev–Trinajstić information content (AvgIpc) is 2.55. The number of hydrogen-bond donors (Lipinski definition) is 2. The van der Waals surface area contributed by atoms with E-state index >= 15 is 0 Å². The van der Waals surface area contributed by atoms with Crippen molar-refractivity contribution in [3.8, 4) is 5.75 Å². The number of aromatic nitrogens is 1. The van der Waals surface area contributed by atoms with Crippen LogP contribution in [-0.4, -0.2) is 31.6 Å². The number of amides is 1. The van der Waals surface area contributed by atoms with Crippen LogP contribution in [0.4, 0.5) is 5.69 Å². The highest BCUT2D eigenvalue weighted by Gasteiger charge is 2.10. The fraction of sp³-hybridized carbons (Fsp3) is 0.250. The minimum atomic E-state index is -0.114. The Labute approximate surface area is 124 Å². The number of rotatable bonds is 6. The summed E-state index contributed by atoms with van der Waals surface area (Å²) in [4.78, 5) is 16.1. The minimum Gasteiger partial charge on any atom is -0.496 e. The molecule has 110 valence electrons. The lowest BCUT2D eigenvalue weighted by molar-refractivity contribution is 0.0954. The van der Waals surface area contributed by atoms with Crippen LogP contribution in [0.1, 0.15) is 15.9 Å². The predicted molar refractivity (Wildman–Crippen MR) is 82.8 cm³/mol. The van der Waals surface area contributed by atoms with Gasteiger partial charge in [-0.15, -0.1) is 0 Å². The summed E-state index contributed by atoms with van der Waals surface area (Å²) in [5, 5.41) is 5.87. The fourth-order valence-corrected chi connectivity index (χ4v) is 2.11. The molecule has 2 aromatic rings. The Balaban J connectivity index is 1.95. The van der Waals surface area contributed by atoms with Crippen molar-refractivity contribution in [1.82, 2.24) is 10.3 Å². The van der Waals surface area contributed by atoms with E-state index in [1.165, 1.54) is 0 Å². The maximum absolute atomic E-state index is 12.2. The smallest absolute Gasteiger partial charge is 0.253 e. The molecule has 0 aliphatic rings. The second-order valence-electron chi connectivity index (χ2n) is 4.49. The maximum atomic E-state index is 12.2. The zero-order valence-corrected chi connectivity index (χ0v) is 12.2. The van der Waals surface area contributed by atoms with Gasteiger partial charge in [-0.1, -0.05) is 18.2 Å². The first-order valence-corrected chi connectivity index (χ1v) is 6.78. The summed E-state index contributed by atoms with van der Waals surface area (Å²) in [7, 11) is 3.41. The number of anilines is 1. The molecule has 0 aliphatic carbocycles. The molecule has 0 aliphatic heterocycles. The van der Waals surface area contributed by atoms with Gasteiger partial charge in [0, 0.05) is 19.8 Å². The second-order valence-corrected chi connectivity index (χ2v) is 4.49. The number of hydrogen-bond acceptors (Lipinski definition) is 4. The fourth-order valence-electron chi connectivity index (χ4n) is 2.11. The van der Waals surface area contributed by atoms with Crippen LogP contribution in [0.3, 0.4) is 0 Å². The highest BCUT2D eigenvalue weighted by Crippen LogP contribution is 2.17. The Morgan fingerprint density at radius 3 is 2.86 bits per heavy atom. The summed E-state index contributed by atoms with van der Waals surface area (Å²) in [5.41, 5.74) is 2.38. The predicted octanol–water partition coefficient (Wildman–Crippen LogP) is 2.10. The molecule has 21 heavy (non-hydrogen) atoms. The van der Waals surface area contributed by atoms with Crippen molar-refractivity contribution >= 4 is 11.6 Å². The molecule has 0 saturated carbocycles. The van der Waals surface area contributed by atoms with E-state index in [9.17, 15) is 4.79 Å². The molecule has 1 aromatic carbocycles. The molecule has 0 atom stereocenters. The number of methoxy groups -OCH3 is 1. The van der Waals surface area contributed by atoms with Gasteiger partial charge >= 0.3 is 0 Å². The molecule has 0 unspecified atom stereocenters. The van der Waals surface area contributed by atoms with E-state index in [1.54, 1.807) is 32.6 Å². The van der Waals surface area contributed by atoms with Gasteiger partial charge in [-0.3, -0.25) is 9.78 Å². The van der Waals surface area contributed by atoms with E-state index in [0.717, 1.165) is 17.7 Å². The molecule has 0 radical (unpaired) electrons. The number of nitrogens with one attached hydrogen (secondary N) is 2. The second kappa shape index (κ2) is 7.28. The van der Waals surface area contributed by atoms with Crippen molar-refractivity contribution < 1.29 is 9.53 Å². The summed E-state index contributed by atoms with van der Waals surface area (Å²) in [6.07, 6.45) is 3.96. The quantitative estimate of drug-likeness (QED) is 0.853. The Bertz CT molecular complexity index is 614. The summed E-state index contributed by atoms with van der Waals surface area (Å²) in [5.74, 6) is 0.725. The molecule has 2 rings (SSSR count). The molecule has 1 heterocycles. The van der Waals surface area contributed by atoms with Gasteiger partial charge in [0.1, 0.15) is 5.75 Å². The number of pyridine rings is 1. The molecule has 5 nitrogen and oxygen atoms in total. The van der Waals surface area contributed by atoms with Crippen LogP contribution in [0.15, 0.2) is 42.7 Å². The molecular weight excluding hydrogens is 266 g/mol. The highest BCUT2D eigenvalue weighted by atomic mass is 16.5. The van der Waals surface area contributed by atoms with Crippen molar-refractivity contribution in [1.29, 1.82) is 0 Å². The zero-order chi connectivity index (χ0) is 15.1. The Morgan fingerprint density at radius 1 is 1.29 bits per heavy atom. The summed E-state index contributed by atoms with van der Waals surface area (Å²) < 4.78 is 5.29. The molecule has 0 spiro atoms. The third-order valence-electron chi connectivity index (χ3n) is 3.21. The topological polar surface area (TPSA) is 63.2 Å². The SMILES string of the molecule is CNc1cnccc1C(=O)NCCc1ccccc1OC. The van der Waals surface area contributed by atoms with E-state index in [2.05, 4.69) is 15.6 Å². The van der Waals surface area contributed by atoms with Gasteiger partial charge in [0.25, 0.3) is 5.91 Å². The van der Waals surface area contributed by atoms with Crippen LogP contribution in [0.5, 0.6) is 5.75 Å². The molecule has 0 saturated heterocycles. The van der Waals surface area contributed by atoms with Gasteiger partial charge < -0.3 is 15.4 Å². The molecule has 1 amide bonds. The average molecular weight is 285 g/mol. The normalized spacial score (nSPS) is 10.0. The van der Waals surface area contributed by atoms with Crippen molar-refractivity contribution in [3.63, 3.8) is 0 Å². The number of para-hydroxylation sites is 1. The number of ether oxygens (including phenoxy) is 1. The lowest BCUT2D eigenvalue weighted by Crippen LogP contribution is -2.26. The van der Waals surface area contributed by atoms with E-state index in [4.69, 9.17) is 4.74 Å². The summed E-state index contributed by atoms with van der Waals surface area (Å²) >= 11 is 0. The van der Waals surface area contributed by atoms with Crippen LogP contribution in [0, 0.1) is 0 Å². The number of benzene rings is 1. The third kappa shape index (κ3) is 3.72. The first-order chi connectivity index (χ1) is 10.3.